The van der Waals surface area contributed by atoms with E-state index in [4.69, 9.17) is 9.47 Å². The molecule has 0 radical (unpaired) electrons. The van der Waals surface area contributed by atoms with E-state index < -0.39 is 0 Å². The van der Waals surface area contributed by atoms with Crippen molar-refractivity contribution in [3.8, 4) is 11.5 Å². The summed E-state index contributed by atoms with van der Waals surface area (Å²) in [5, 5.41) is 16.9. The molecule has 1 heterocycles. The molecule has 0 spiro atoms. The van der Waals surface area contributed by atoms with Crippen LogP contribution in [0.4, 0.5) is 28.8 Å². The smallest absolute Gasteiger partial charge is 0.249 e. The standard InChI is InChI=1S/C19H20N6O3/c1-12(26)21-13-5-4-6-14(9-13)22-19-24-18(11-20-25-19)23-16-10-15(27-2)7-8-17(16)28-3/h4-11H,1-3H3,(H,21,26)(H2,22,23,24,25). The highest BCUT2D eigenvalue weighted by Crippen LogP contribution is 2.31. The van der Waals surface area contributed by atoms with Crippen LogP contribution in [0, 0.1) is 0 Å². The van der Waals surface area contributed by atoms with Gasteiger partial charge in [0.15, 0.2) is 5.82 Å². The van der Waals surface area contributed by atoms with E-state index >= 15 is 0 Å². The topological polar surface area (TPSA) is 110 Å². The fourth-order valence-electron chi connectivity index (χ4n) is 2.47. The number of hydrogen-bond donors (Lipinski definition) is 3. The Labute approximate surface area is 162 Å². The minimum atomic E-state index is -0.145. The molecule has 0 saturated carbocycles. The Morgan fingerprint density at radius 2 is 1.82 bits per heavy atom. The van der Waals surface area contributed by atoms with Crippen LogP contribution in [0.2, 0.25) is 0 Å². The van der Waals surface area contributed by atoms with Gasteiger partial charge in [-0.3, -0.25) is 4.79 Å². The Balaban J connectivity index is 1.79. The number of benzene rings is 2. The molecule has 0 saturated heterocycles. The molecule has 0 bridgehead atoms. The average molecular weight is 380 g/mol. The highest BCUT2D eigenvalue weighted by Gasteiger charge is 2.08. The minimum Gasteiger partial charge on any atom is -0.497 e. The molecule has 9 heteroatoms. The number of amides is 1. The van der Waals surface area contributed by atoms with Crippen LogP contribution >= 0.6 is 0 Å². The number of methoxy groups -OCH3 is 2. The summed E-state index contributed by atoms with van der Waals surface area (Å²) >= 11 is 0. The zero-order chi connectivity index (χ0) is 19.9. The minimum absolute atomic E-state index is 0.145. The van der Waals surface area contributed by atoms with Gasteiger partial charge in [0.1, 0.15) is 11.5 Å². The number of carbonyl (C=O) groups excluding carboxylic acids is 1. The molecule has 2 aromatic carbocycles. The number of rotatable bonds is 7. The van der Waals surface area contributed by atoms with Gasteiger partial charge < -0.3 is 25.4 Å². The fourth-order valence-corrected chi connectivity index (χ4v) is 2.47. The molecular formula is C19H20N6O3. The molecule has 0 aliphatic rings. The predicted octanol–water partition coefficient (Wildman–Crippen LogP) is 3.33. The van der Waals surface area contributed by atoms with Crippen molar-refractivity contribution in [3.63, 3.8) is 0 Å². The summed E-state index contributed by atoms with van der Waals surface area (Å²) in [5.41, 5.74) is 2.06. The van der Waals surface area contributed by atoms with E-state index in [1.165, 1.54) is 13.1 Å². The van der Waals surface area contributed by atoms with Gasteiger partial charge in [-0.1, -0.05) is 6.07 Å². The molecular weight excluding hydrogens is 360 g/mol. The van der Waals surface area contributed by atoms with E-state index in [1.807, 2.05) is 12.1 Å². The van der Waals surface area contributed by atoms with Crippen LogP contribution in [0.5, 0.6) is 11.5 Å². The summed E-state index contributed by atoms with van der Waals surface area (Å²) in [6.45, 7) is 1.45. The molecule has 3 aromatic rings. The van der Waals surface area contributed by atoms with Gasteiger partial charge >= 0.3 is 0 Å². The van der Waals surface area contributed by atoms with Crippen LogP contribution in [0.3, 0.4) is 0 Å². The summed E-state index contributed by atoms with van der Waals surface area (Å²) in [6, 6.07) is 12.6. The van der Waals surface area contributed by atoms with Crippen LogP contribution < -0.4 is 25.4 Å². The van der Waals surface area contributed by atoms with Crippen LogP contribution in [-0.2, 0) is 4.79 Å². The van der Waals surface area contributed by atoms with E-state index in [0.717, 1.165) is 0 Å². The maximum absolute atomic E-state index is 11.2. The lowest BCUT2D eigenvalue weighted by atomic mass is 10.2. The molecule has 0 atom stereocenters. The highest BCUT2D eigenvalue weighted by molar-refractivity contribution is 5.89. The molecule has 9 nitrogen and oxygen atoms in total. The second-order valence-corrected chi connectivity index (χ2v) is 5.74. The lowest BCUT2D eigenvalue weighted by molar-refractivity contribution is -0.114. The maximum atomic E-state index is 11.2. The number of hydrogen-bond acceptors (Lipinski definition) is 8. The van der Waals surface area contributed by atoms with E-state index in [0.29, 0.717) is 40.3 Å². The van der Waals surface area contributed by atoms with Crippen LogP contribution in [0.1, 0.15) is 6.92 Å². The number of anilines is 5. The highest BCUT2D eigenvalue weighted by atomic mass is 16.5. The van der Waals surface area contributed by atoms with Gasteiger partial charge in [-0.05, 0) is 30.3 Å². The van der Waals surface area contributed by atoms with Crippen LogP contribution in [-0.4, -0.2) is 35.3 Å². The van der Waals surface area contributed by atoms with Gasteiger partial charge in [-0.15, -0.1) is 5.10 Å². The first-order chi connectivity index (χ1) is 13.6. The SMILES string of the molecule is COc1ccc(OC)c(Nc2cnnc(Nc3cccc(NC(C)=O)c3)n2)c1. The number of ether oxygens (including phenoxy) is 2. The van der Waals surface area contributed by atoms with E-state index in [-0.39, 0.29) is 5.91 Å². The van der Waals surface area contributed by atoms with Crippen molar-refractivity contribution in [1.29, 1.82) is 0 Å². The molecule has 1 aromatic heterocycles. The quantitative estimate of drug-likeness (QED) is 0.572. The molecule has 0 unspecified atom stereocenters. The van der Waals surface area contributed by atoms with Gasteiger partial charge in [0.2, 0.25) is 11.9 Å². The van der Waals surface area contributed by atoms with Crippen molar-refractivity contribution in [2.75, 3.05) is 30.2 Å². The number of aromatic nitrogens is 3. The molecule has 0 aliphatic carbocycles. The van der Waals surface area contributed by atoms with E-state index in [9.17, 15) is 4.79 Å². The molecule has 144 valence electrons. The molecule has 0 fully saturated rings. The molecule has 0 aliphatic heterocycles. The first kappa shape index (κ1) is 18.9. The summed E-state index contributed by atoms with van der Waals surface area (Å²) in [6.07, 6.45) is 1.50. The van der Waals surface area contributed by atoms with Gasteiger partial charge in [0.25, 0.3) is 0 Å². The Kier molecular flexibility index (Phi) is 5.85. The second kappa shape index (κ2) is 8.67. The Morgan fingerprint density at radius 1 is 1.00 bits per heavy atom. The van der Waals surface area contributed by atoms with Crippen LogP contribution in [0.15, 0.2) is 48.7 Å². The maximum Gasteiger partial charge on any atom is 0.249 e. The summed E-state index contributed by atoms with van der Waals surface area (Å²) < 4.78 is 10.6. The van der Waals surface area contributed by atoms with Crippen molar-refractivity contribution in [1.82, 2.24) is 15.2 Å². The monoisotopic (exact) mass is 380 g/mol. The zero-order valence-corrected chi connectivity index (χ0v) is 15.7. The summed E-state index contributed by atoms with van der Waals surface area (Å²) in [5.74, 6) is 1.94. The molecule has 1 amide bonds. The fraction of sp³-hybridized carbons (Fsp3) is 0.158. The average Bonchev–Trinajstić information content (AvgIpc) is 2.68. The Hall–Kier alpha value is -3.88. The normalized spacial score (nSPS) is 10.1. The lowest BCUT2D eigenvalue weighted by Crippen LogP contribution is -2.06. The Morgan fingerprint density at radius 3 is 2.57 bits per heavy atom. The second-order valence-electron chi connectivity index (χ2n) is 5.74. The third-order valence-corrected chi connectivity index (χ3v) is 3.67. The molecule has 3 N–H and O–H groups in total. The Bertz CT molecular complexity index is 979. The van der Waals surface area contributed by atoms with Crippen molar-refractivity contribution < 1.29 is 14.3 Å². The summed E-state index contributed by atoms with van der Waals surface area (Å²) in [4.78, 5) is 15.6. The third kappa shape index (κ3) is 4.85. The van der Waals surface area contributed by atoms with Gasteiger partial charge in [0.05, 0.1) is 26.1 Å². The number of carbonyl (C=O) groups is 1. The lowest BCUT2D eigenvalue weighted by Gasteiger charge is -2.12. The van der Waals surface area contributed by atoms with Crippen molar-refractivity contribution in [2.24, 2.45) is 0 Å². The number of nitrogens with zero attached hydrogens (tertiary/aromatic N) is 3. The first-order valence-corrected chi connectivity index (χ1v) is 8.41. The van der Waals surface area contributed by atoms with Gasteiger partial charge in [-0.25, -0.2) is 0 Å². The largest absolute Gasteiger partial charge is 0.497 e. The van der Waals surface area contributed by atoms with Crippen molar-refractivity contribution >= 4 is 34.7 Å². The first-order valence-electron chi connectivity index (χ1n) is 8.41. The van der Waals surface area contributed by atoms with Crippen molar-refractivity contribution in [2.45, 2.75) is 6.92 Å². The molecule has 28 heavy (non-hydrogen) atoms. The zero-order valence-electron chi connectivity index (χ0n) is 15.7. The summed E-state index contributed by atoms with van der Waals surface area (Å²) in [7, 11) is 3.18. The van der Waals surface area contributed by atoms with Crippen LogP contribution in [0.25, 0.3) is 0 Å². The molecule has 3 rings (SSSR count). The van der Waals surface area contributed by atoms with E-state index in [1.54, 1.807) is 44.6 Å². The van der Waals surface area contributed by atoms with E-state index in [2.05, 4.69) is 31.1 Å². The van der Waals surface area contributed by atoms with Crippen molar-refractivity contribution in [3.05, 3.63) is 48.7 Å². The van der Waals surface area contributed by atoms with Gasteiger partial charge in [-0.2, -0.15) is 10.1 Å². The predicted molar refractivity (Wildman–Crippen MR) is 107 cm³/mol. The van der Waals surface area contributed by atoms with Gasteiger partial charge in [0, 0.05) is 24.4 Å². The third-order valence-electron chi connectivity index (χ3n) is 3.67. The number of nitrogens with one attached hydrogen (secondary N) is 3.